The van der Waals surface area contributed by atoms with Crippen LogP contribution in [0.15, 0.2) is 18.2 Å². The standard InChI is InChI=1S/C14H19NO2/c1-9-8-10(13(16)17)4-7-12(9)15-14(2,3)11-5-6-11/h4,7-8,11,15H,5-6H2,1-3H3,(H,16,17). The van der Waals surface area contributed by atoms with Crippen molar-refractivity contribution in [2.45, 2.75) is 39.2 Å². The zero-order valence-corrected chi connectivity index (χ0v) is 10.6. The molecule has 1 fully saturated rings. The van der Waals surface area contributed by atoms with Gasteiger partial charge < -0.3 is 10.4 Å². The van der Waals surface area contributed by atoms with Crippen molar-refractivity contribution in [3.05, 3.63) is 29.3 Å². The van der Waals surface area contributed by atoms with Crippen LogP contribution in [0.1, 0.15) is 42.6 Å². The molecule has 0 amide bonds. The Bertz CT molecular complexity index is 448. The van der Waals surface area contributed by atoms with E-state index in [4.69, 9.17) is 5.11 Å². The summed E-state index contributed by atoms with van der Waals surface area (Å²) in [4.78, 5) is 10.8. The van der Waals surface area contributed by atoms with Gasteiger partial charge in [0.1, 0.15) is 0 Å². The van der Waals surface area contributed by atoms with Crippen LogP contribution in [0.5, 0.6) is 0 Å². The quantitative estimate of drug-likeness (QED) is 0.839. The van der Waals surface area contributed by atoms with Gasteiger partial charge in [-0.25, -0.2) is 4.79 Å². The van der Waals surface area contributed by atoms with Gasteiger partial charge >= 0.3 is 5.97 Å². The Labute approximate surface area is 102 Å². The van der Waals surface area contributed by atoms with Gasteiger partial charge in [0.15, 0.2) is 0 Å². The first kappa shape index (κ1) is 12.0. The Morgan fingerprint density at radius 1 is 1.41 bits per heavy atom. The second kappa shape index (κ2) is 4.06. The maximum absolute atomic E-state index is 10.8. The summed E-state index contributed by atoms with van der Waals surface area (Å²) in [6, 6.07) is 5.23. The molecular formula is C14H19NO2. The molecule has 0 aliphatic heterocycles. The fourth-order valence-corrected chi connectivity index (χ4v) is 2.19. The molecule has 0 bridgehead atoms. The highest BCUT2D eigenvalue weighted by atomic mass is 16.4. The maximum Gasteiger partial charge on any atom is 0.335 e. The van der Waals surface area contributed by atoms with Crippen LogP contribution in [0.4, 0.5) is 5.69 Å². The predicted molar refractivity (Wildman–Crippen MR) is 68.6 cm³/mol. The molecule has 1 aromatic carbocycles. The monoisotopic (exact) mass is 233 g/mol. The lowest BCUT2D eigenvalue weighted by Crippen LogP contribution is -2.33. The summed E-state index contributed by atoms with van der Waals surface area (Å²) >= 11 is 0. The number of carboxylic acid groups (broad SMARTS) is 1. The number of aryl methyl sites for hydroxylation is 1. The third-order valence-corrected chi connectivity index (χ3v) is 3.53. The van der Waals surface area contributed by atoms with Crippen LogP contribution in [-0.4, -0.2) is 16.6 Å². The molecule has 0 unspecified atom stereocenters. The van der Waals surface area contributed by atoms with Crippen LogP contribution in [0.3, 0.4) is 0 Å². The lowest BCUT2D eigenvalue weighted by atomic mass is 9.97. The van der Waals surface area contributed by atoms with E-state index in [9.17, 15) is 4.79 Å². The van der Waals surface area contributed by atoms with Crippen molar-refractivity contribution in [2.24, 2.45) is 5.92 Å². The minimum atomic E-state index is -0.874. The summed E-state index contributed by atoms with van der Waals surface area (Å²) in [7, 11) is 0. The minimum absolute atomic E-state index is 0.0928. The second-order valence-electron chi connectivity index (χ2n) is 5.46. The molecule has 3 heteroatoms. The van der Waals surface area contributed by atoms with E-state index >= 15 is 0 Å². The molecule has 1 saturated carbocycles. The lowest BCUT2D eigenvalue weighted by molar-refractivity contribution is 0.0697. The van der Waals surface area contributed by atoms with Gasteiger partial charge in [0.2, 0.25) is 0 Å². The molecule has 0 heterocycles. The van der Waals surface area contributed by atoms with E-state index in [1.807, 2.05) is 13.0 Å². The van der Waals surface area contributed by atoms with E-state index in [0.29, 0.717) is 5.56 Å². The number of carbonyl (C=O) groups is 1. The van der Waals surface area contributed by atoms with Crippen LogP contribution in [0.2, 0.25) is 0 Å². The Kier molecular flexibility index (Phi) is 2.86. The molecular weight excluding hydrogens is 214 g/mol. The van der Waals surface area contributed by atoms with Gasteiger partial charge in [0, 0.05) is 11.2 Å². The van der Waals surface area contributed by atoms with Gasteiger partial charge in [-0.3, -0.25) is 0 Å². The van der Waals surface area contributed by atoms with E-state index in [1.54, 1.807) is 12.1 Å². The molecule has 3 nitrogen and oxygen atoms in total. The summed E-state index contributed by atoms with van der Waals surface area (Å²) < 4.78 is 0. The van der Waals surface area contributed by atoms with Crippen LogP contribution in [0.25, 0.3) is 0 Å². The number of carboxylic acids is 1. The van der Waals surface area contributed by atoms with Crippen LogP contribution in [-0.2, 0) is 0 Å². The highest BCUT2D eigenvalue weighted by Crippen LogP contribution is 2.41. The third kappa shape index (κ3) is 2.60. The fourth-order valence-electron chi connectivity index (χ4n) is 2.19. The van der Waals surface area contributed by atoms with E-state index in [-0.39, 0.29) is 5.54 Å². The molecule has 0 saturated heterocycles. The Morgan fingerprint density at radius 3 is 2.53 bits per heavy atom. The topological polar surface area (TPSA) is 49.3 Å². The van der Waals surface area contributed by atoms with Gasteiger partial charge in [-0.15, -0.1) is 0 Å². The van der Waals surface area contributed by atoms with E-state index < -0.39 is 5.97 Å². The molecule has 0 radical (unpaired) electrons. The summed E-state index contributed by atoms with van der Waals surface area (Å²) in [6.45, 7) is 6.35. The van der Waals surface area contributed by atoms with E-state index in [2.05, 4.69) is 19.2 Å². The van der Waals surface area contributed by atoms with Crippen molar-refractivity contribution in [1.82, 2.24) is 0 Å². The van der Waals surface area contributed by atoms with Crippen molar-refractivity contribution in [1.29, 1.82) is 0 Å². The number of nitrogens with one attached hydrogen (secondary N) is 1. The fraction of sp³-hybridized carbons (Fsp3) is 0.500. The average molecular weight is 233 g/mol. The molecule has 0 atom stereocenters. The van der Waals surface area contributed by atoms with E-state index in [1.165, 1.54) is 12.8 Å². The Morgan fingerprint density at radius 2 is 2.06 bits per heavy atom. The van der Waals surface area contributed by atoms with Gasteiger partial charge in [-0.1, -0.05) is 0 Å². The number of aromatic carboxylic acids is 1. The number of benzene rings is 1. The molecule has 1 aromatic rings. The molecule has 92 valence electrons. The molecule has 0 spiro atoms. The number of anilines is 1. The molecule has 1 aliphatic carbocycles. The molecule has 2 N–H and O–H groups in total. The second-order valence-corrected chi connectivity index (χ2v) is 5.46. The summed E-state index contributed by atoms with van der Waals surface area (Å²) in [5, 5.41) is 12.4. The SMILES string of the molecule is Cc1cc(C(=O)O)ccc1NC(C)(C)C1CC1. The van der Waals surface area contributed by atoms with Crippen molar-refractivity contribution in [3.8, 4) is 0 Å². The Hall–Kier alpha value is -1.51. The average Bonchev–Trinajstić information content (AvgIpc) is 3.04. The van der Waals surface area contributed by atoms with E-state index in [0.717, 1.165) is 17.2 Å². The minimum Gasteiger partial charge on any atom is -0.478 e. The third-order valence-electron chi connectivity index (χ3n) is 3.53. The molecule has 17 heavy (non-hydrogen) atoms. The maximum atomic E-state index is 10.8. The lowest BCUT2D eigenvalue weighted by Gasteiger charge is -2.28. The van der Waals surface area contributed by atoms with Gasteiger partial charge in [0.05, 0.1) is 5.56 Å². The first-order valence-electron chi connectivity index (χ1n) is 6.02. The van der Waals surface area contributed by atoms with Crippen LogP contribution < -0.4 is 5.32 Å². The summed E-state index contributed by atoms with van der Waals surface area (Å²) in [5.41, 5.74) is 2.46. The number of hydrogen-bond acceptors (Lipinski definition) is 2. The predicted octanol–water partition coefficient (Wildman–Crippen LogP) is 3.29. The number of rotatable bonds is 4. The molecule has 1 aliphatic rings. The van der Waals surface area contributed by atoms with Crippen LogP contribution in [0, 0.1) is 12.8 Å². The van der Waals surface area contributed by atoms with Gasteiger partial charge in [0.25, 0.3) is 0 Å². The largest absolute Gasteiger partial charge is 0.478 e. The first-order valence-corrected chi connectivity index (χ1v) is 6.02. The van der Waals surface area contributed by atoms with Crippen molar-refractivity contribution < 1.29 is 9.90 Å². The highest BCUT2D eigenvalue weighted by Gasteiger charge is 2.37. The zero-order valence-electron chi connectivity index (χ0n) is 10.6. The normalized spacial score (nSPS) is 15.7. The van der Waals surface area contributed by atoms with Crippen molar-refractivity contribution in [3.63, 3.8) is 0 Å². The smallest absolute Gasteiger partial charge is 0.335 e. The summed E-state index contributed by atoms with van der Waals surface area (Å²) in [6.07, 6.45) is 2.57. The summed E-state index contributed by atoms with van der Waals surface area (Å²) in [5.74, 6) is -0.137. The molecule has 2 rings (SSSR count). The molecule has 0 aromatic heterocycles. The number of hydrogen-bond donors (Lipinski definition) is 2. The highest BCUT2D eigenvalue weighted by molar-refractivity contribution is 5.88. The Balaban J connectivity index is 2.19. The first-order chi connectivity index (χ1) is 7.90. The van der Waals surface area contributed by atoms with Crippen molar-refractivity contribution in [2.75, 3.05) is 5.32 Å². The van der Waals surface area contributed by atoms with Crippen molar-refractivity contribution >= 4 is 11.7 Å². The van der Waals surface area contributed by atoms with Gasteiger partial charge in [-0.2, -0.15) is 0 Å². The van der Waals surface area contributed by atoms with Gasteiger partial charge in [-0.05, 0) is 63.3 Å². The zero-order chi connectivity index (χ0) is 12.6. The van der Waals surface area contributed by atoms with Crippen LogP contribution >= 0.6 is 0 Å².